The number of nitrogens with zero attached hydrogens (tertiary/aromatic N) is 4. The van der Waals surface area contributed by atoms with Gasteiger partial charge in [0.2, 0.25) is 17.6 Å². The molecule has 36 heavy (non-hydrogen) atoms. The largest absolute Gasteiger partial charge is 0.494 e. The molecule has 1 aliphatic heterocycles. The van der Waals surface area contributed by atoms with Crippen LogP contribution in [0.15, 0.2) is 67.5 Å². The van der Waals surface area contributed by atoms with Gasteiger partial charge in [0.05, 0.1) is 37.8 Å². The molecule has 0 aliphatic carbocycles. The van der Waals surface area contributed by atoms with Crippen LogP contribution in [0.1, 0.15) is 18.2 Å². The van der Waals surface area contributed by atoms with Crippen LogP contribution in [0.5, 0.6) is 23.1 Å². The van der Waals surface area contributed by atoms with Crippen molar-refractivity contribution >= 4 is 11.4 Å². The Labute approximate surface area is 207 Å². The number of halogens is 1. The fraction of sp³-hybridized carbons (Fsp3) is 0.222. The lowest BCUT2D eigenvalue weighted by atomic mass is 10.1. The van der Waals surface area contributed by atoms with Crippen molar-refractivity contribution in [1.82, 2.24) is 19.3 Å². The second-order valence-electron chi connectivity index (χ2n) is 8.36. The molecular weight excluding hydrogens is 463 g/mol. The van der Waals surface area contributed by atoms with Crippen LogP contribution in [0.3, 0.4) is 0 Å². The molecule has 3 heterocycles. The monoisotopic (exact) mass is 488 g/mol. The van der Waals surface area contributed by atoms with Crippen LogP contribution in [-0.4, -0.2) is 52.5 Å². The highest BCUT2D eigenvalue weighted by Gasteiger charge is 2.31. The van der Waals surface area contributed by atoms with E-state index in [2.05, 4.69) is 11.6 Å². The molecule has 184 valence electrons. The van der Waals surface area contributed by atoms with E-state index >= 15 is 0 Å². The number of rotatable bonds is 7. The summed E-state index contributed by atoms with van der Waals surface area (Å²) in [5.41, 5.74) is 2.35. The number of hydrogen-bond donors (Lipinski definition) is 0. The number of imidazole rings is 1. The molecule has 1 amide bonds. The third kappa shape index (κ3) is 4.13. The van der Waals surface area contributed by atoms with Crippen molar-refractivity contribution in [3.8, 4) is 34.4 Å². The normalized spacial score (nSPS) is 15.2. The Balaban J connectivity index is 1.49. The van der Waals surface area contributed by atoms with Crippen LogP contribution < -0.4 is 14.2 Å². The molecule has 0 bridgehead atoms. The molecule has 2 aromatic carbocycles. The Bertz CT molecular complexity index is 1430. The second-order valence-corrected chi connectivity index (χ2v) is 8.36. The minimum Gasteiger partial charge on any atom is -0.494 e. The number of ether oxygens (including phenoxy) is 3. The molecule has 0 N–H and O–H groups in total. The average molecular weight is 489 g/mol. The predicted molar refractivity (Wildman–Crippen MR) is 132 cm³/mol. The number of aromatic nitrogens is 3. The van der Waals surface area contributed by atoms with Gasteiger partial charge in [0, 0.05) is 24.6 Å². The van der Waals surface area contributed by atoms with Crippen molar-refractivity contribution in [2.75, 3.05) is 27.3 Å². The maximum Gasteiger partial charge on any atom is 0.245 e. The minimum atomic E-state index is -0.562. The van der Waals surface area contributed by atoms with Gasteiger partial charge >= 0.3 is 0 Å². The van der Waals surface area contributed by atoms with Crippen LogP contribution in [-0.2, 0) is 4.79 Å². The van der Waals surface area contributed by atoms with E-state index in [1.54, 1.807) is 48.7 Å². The molecule has 1 unspecified atom stereocenters. The Morgan fingerprint density at radius 1 is 1.11 bits per heavy atom. The van der Waals surface area contributed by atoms with Gasteiger partial charge in [-0.2, -0.15) is 4.39 Å². The zero-order valence-corrected chi connectivity index (χ0v) is 20.0. The molecule has 0 radical (unpaired) electrons. The van der Waals surface area contributed by atoms with Crippen molar-refractivity contribution in [1.29, 1.82) is 0 Å². The van der Waals surface area contributed by atoms with E-state index in [0.29, 0.717) is 24.7 Å². The molecule has 1 fully saturated rings. The second kappa shape index (κ2) is 9.69. The van der Waals surface area contributed by atoms with Crippen molar-refractivity contribution in [3.05, 3.63) is 79.2 Å². The minimum absolute atomic E-state index is 0.0325. The quantitative estimate of drug-likeness (QED) is 0.346. The van der Waals surface area contributed by atoms with E-state index in [9.17, 15) is 9.18 Å². The van der Waals surface area contributed by atoms with Gasteiger partial charge in [0.1, 0.15) is 11.6 Å². The summed E-state index contributed by atoms with van der Waals surface area (Å²) in [5, 5.41) is 0. The first-order valence-electron chi connectivity index (χ1n) is 11.5. The summed E-state index contributed by atoms with van der Waals surface area (Å²) in [7, 11) is 3.00. The standard InChI is InChI=1S/C27H25FN4O4/c1-4-23(33)31-13-12-18(16-31)27-30-26(20-14-29-15-24(35-3)32(20)27)17-8-10-19(11-9-17)36-22-7-5-6-21(34-2)25(22)28/h4-11,14-15,18H,1,12-13,16H2,2-3H3. The number of fused-ring (bicyclic) bond motifs is 1. The molecule has 1 atom stereocenters. The number of hydrogen-bond acceptors (Lipinski definition) is 6. The van der Waals surface area contributed by atoms with Gasteiger partial charge in [-0.3, -0.25) is 14.2 Å². The van der Waals surface area contributed by atoms with Crippen LogP contribution >= 0.6 is 0 Å². The van der Waals surface area contributed by atoms with E-state index in [1.807, 2.05) is 16.5 Å². The first-order valence-corrected chi connectivity index (χ1v) is 11.5. The van der Waals surface area contributed by atoms with Crippen molar-refractivity contribution in [2.24, 2.45) is 0 Å². The summed E-state index contributed by atoms with van der Waals surface area (Å²) < 4.78 is 32.8. The van der Waals surface area contributed by atoms with Gasteiger partial charge in [-0.05, 0) is 48.9 Å². The maximum absolute atomic E-state index is 14.5. The highest BCUT2D eigenvalue weighted by atomic mass is 19.1. The van der Waals surface area contributed by atoms with Gasteiger partial charge in [-0.15, -0.1) is 0 Å². The van der Waals surface area contributed by atoms with Crippen molar-refractivity contribution in [2.45, 2.75) is 12.3 Å². The van der Waals surface area contributed by atoms with E-state index in [-0.39, 0.29) is 23.3 Å². The third-order valence-corrected chi connectivity index (χ3v) is 6.29. The van der Waals surface area contributed by atoms with E-state index in [1.165, 1.54) is 19.3 Å². The van der Waals surface area contributed by atoms with E-state index in [4.69, 9.17) is 19.2 Å². The van der Waals surface area contributed by atoms with Crippen molar-refractivity contribution in [3.63, 3.8) is 0 Å². The molecule has 4 aromatic rings. The van der Waals surface area contributed by atoms with Gasteiger partial charge in [-0.25, -0.2) is 4.98 Å². The molecular formula is C27H25FN4O4. The Kier molecular flexibility index (Phi) is 6.28. The summed E-state index contributed by atoms with van der Waals surface area (Å²) in [5.74, 6) is 1.40. The lowest BCUT2D eigenvalue weighted by molar-refractivity contribution is -0.125. The lowest BCUT2D eigenvalue weighted by Gasteiger charge is -2.14. The number of likely N-dealkylation sites (tertiary alicyclic amines) is 1. The summed E-state index contributed by atoms with van der Waals surface area (Å²) in [6, 6.07) is 12.0. The highest BCUT2D eigenvalue weighted by Crippen LogP contribution is 2.36. The van der Waals surface area contributed by atoms with Gasteiger partial charge in [0.15, 0.2) is 11.5 Å². The van der Waals surface area contributed by atoms with E-state index < -0.39 is 5.82 Å². The van der Waals surface area contributed by atoms with Crippen LogP contribution in [0.25, 0.3) is 16.8 Å². The van der Waals surface area contributed by atoms with Crippen LogP contribution in [0, 0.1) is 5.82 Å². The third-order valence-electron chi connectivity index (χ3n) is 6.29. The fourth-order valence-electron chi connectivity index (χ4n) is 4.50. The number of benzene rings is 2. The lowest BCUT2D eigenvalue weighted by Crippen LogP contribution is -2.26. The first-order chi connectivity index (χ1) is 17.5. The summed E-state index contributed by atoms with van der Waals surface area (Å²) in [6.45, 7) is 4.78. The number of carbonyl (C=O) groups excluding carboxylic acids is 1. The Morgan fingerprint density at radius 3 is 2.61 bits per heavy atom. The number of methoxy groups -OCH3 is 2. The molecule has 9 heteroatoms. The Hall–Kier alpha value is -4.40. The number of amides is 1. The van der Waals surface area contributed by atoms with Gasteiger partial charge in [-0.1, -0.05) is 12.6 Å². The summed E-state index contributed by atoms with van der Waals surface area (Å²) in [6.07, 6.45) is 5.50. The van der Waals surface area contributed by atoms with E-state index in [0.717, 1.165) is 29.0 Å². The average Bonchev–Trinajstić information content (AvgIpc) is 3.55. The SMILES string of the molecule is C=CC(=O)N1CCC(c2nc(-c3ccc(Oc4cccc(OC)c4F)cc3)c3cncc(OC)n23)C1. The highest BCUT2D eigenvalue weighted by molar-refractivity contribution is 5.87. The smallest absolute Gasteiger partial charge is 0.245 e. The van der Waals surface area contributed by atoms with Gasteiger partial charge < -0.3 is 19.1 Å². The zero-order chi connectivity index (χ0) is 25.2. The molecule has 8 nitrogen and oxygen atoms in total. The molecule has 0 saturated carbocycles. The maximum atomic E-state index is 14.5. The van der Waals surface area contributed by atoms with Crippen molar-refractivity contribution < 1.29 is 23.4 Å². The molecule has 0 spiro atoms. The Morgan fingerprint density at radius 2 is 1.89 bits per heavy atom. The molecule has 1 saturated heterocycles. The molecule has 1 aliphatic rings. The fourth-order valence-corrected chi connectivity index (χ4v) is 4.50. The zero-order valence-electron chi connectivity index (χ0n) is 20.0. The number of carbonyl (C=O) groups is 1. The van der Waals surface area contributed by atoms with Crippen LogP contribution in [0.2, 0.25) is 0 Å². The molecule has 2 aromatic heterocycles. The predicted octanol–water partition coefficient (Wildman–Crippen LogP) is 4.85. The van der Waals surface area contributed by atoms with Gasteiger partial charge in [0.25, 0.3) is 0 Å². The summed E-state index contributed by atoms with van der Waals surface area (Å²) >= 11 is 0. The van der Waals surface area contributed by atoms with Crippen LogP contribution in [0.4, 0.5) is 4.39 Å². The first kappa shape index (κ1) is 23.3. The topological polar surface area (TPSA) is 78.2 Å². The molecule has 5 rings (SSSR count). The summed E-state index contributed by atoms with van der Waals surface area (Å²) in [4.78, 5) is 23.2.